The van der Waals surface area contributed by atoms with Crippen molar-refractivity contribution in [3.63, 3.8) is 0 Å². The number of esters is 1. The smallest absolute Gasteiger partial charge is 0.310 e. The van der Waals surface area contributed by atoms with Crippen LogP contribution in [-0.4, -0.2) is 32.7 Å². The maximum absolute atomic E-state index is 12.1. The van der Waals surface area contributed by atoms with Crippen LogP contribution in [0.25, 0.3) is 0 Å². The first-order valence-corrected chi connectivity index (χ1v) is 7.97. The Morgan fingerprint density at radius 3 is 2.62 bits per heavy atom. The lowest BCUT2D eigenvalue weighted by molar-refractivity contribution is -0.152. The summed E-state index contributed by atoms with van der Waals surface area (Å²) in [5.41, 5.74) is 0.473. The largest absolute Gasteiger partial charge is 0.497 e. The second kappa shape index (κ2) is 6.95. The zero-order valence-electron chi connectivity index (χ0n) is 13.8. The number of amides is 1. The van der Waals surface area contributed by atoms with Crippen LogP contribution in [0.5, 0.6) is 11.5 Å². The molecule has 3 rings (SSSR count). The monoisotopic (exact) mass is 331 g/mol. The molecule has 1 aromatic rings. The first-order chi connectivity index (χ1) is 11.6. The Kier molecular flexibility index (Phi) is 4.74. The molecule has 128 valence electrons. The van der Waals surface area contributed by atoms with E-state index in [1.165, 1.54) is 7.11 Å². The molecule has 6 nitrogen and oxygen atoms in total. The van der Waals surface area contributed by atoms with Crippen LogP contribution in [0.3, 0.4) is 0 Å². The van der Waals surface area contributed by atoms with Gasteiger partial charge in [-0.3, -0.25) is 9.59 Å². The van der Waals surface area contributed by atoms with Crippen molar-refractivity contribution in [3.8, 4) is 11.5 Å². The van der Waals surface area contributed by atoms with Gasteiger partial charge in [-0.2, -0.15) is 0 Å². The summed E-state index contributed by atoms with van der Waals surface area (Å²) in [6.45, 7) is -0.309. The van der Waals surface area contributed by atoms with E-state index in [4.69, 9.17) is 14.2 Å². The number of hydrogen-bond donors (Lipinski definition) is 1. The van der Waals surface area contributed by atoms with Crippen LogP contribution in [-0.2, 0) is 14.3 Å². The Hall–Kier alpha value is -2.50. The molecule has 1 amide bonds. The van der Waals surface area contributed by atoms with E-state index in [1.54, 1.807) is 25.3 Å². The molecule has 1 saturated carbocycles. The zero-order valence-corrected chi connectivity index (χ0v) is 13.8. The average molecular weight is 331 g/mol. The van der Waals surface area contributed by atoms with Gasteiger partial charge in [0.15, 0.2) is 6.61 Å². The van der Waals surface area contributed by atoms with Crippen LogP contribution in [0.4, 0.5) is 5.69 Å². The molecule has 1 aromatic carbocycles. The molecule has 2 bridgehead atoms. The third-order valence-corrected chi connectivity index (χ3v) is 4.61. The van der Waals surface area contributed by atoms with Gasteiger partial charge in [-0.1, -0.05) is 12.2 Å². The van der Waals surface area contributed by atoms with Gasteiger partial charge in [0.2, 0.25) is 0 Å². The molecule has 24 heavy (non-hydrogen) atoms. The fourth-order valence-corrected chi connectivity index (χ4v) is 3.39. The summed E-state index contributed by atoms with van der Waals surface area (Å²) >= 11 is 0. The van der Waals surface area contributed by atoms with Crippen molar-refractivity contribution in [2.45, 2.75) is 12.8 Å². The van der Waals surface area contributed by atoms with Gasteiger partial charge >= 0.3 is 5.97 Å². The van der Waals surface area contributed by atoms with E-state index in [-0.39, 0.29) is 24.4 Å². The van der Waals surface area contributed by atoms with E-state index in [0.29, 0.717) is 23.1 Å². The van der Waals surface area contributed by atoms with Crippen molar-refractivity contribution in [2.75, 3.05) is 26.1 Å². The highest BCUT2D eigenvalue weighted by atomic mass is 16.5. The van der Waals surface area contributed by atoms with Gasteiger partial charge in [0.25, 0.3) is 5.91 Å². The van der Waals surface area contributed by atoms with Crippen molar-refractivity contribution < 1.29 is 23.8 Å². The molecule has 0 aromatic heterocycles. The van der Waals surface area contributed by atoms with Crippen LogP contribution in [0.1, 0.15) is 12.8 Å². The summed E-state index contributed by atoms with van der Waals surface area (Å²) in [4.78, 5) is 24.2. The number of benzene rings is 1. The fraction of sp³-hybridized carbons (Fsp3) is 0.444. The van der Waals surface area contributed by atoms with E-state index < -0.39 is 5.91 Å². The Morgan fingerprint density at radius 1 is 1.17 bits per heavy atom. The van der Waals surface area contributed by atoms with Crippen molar-refractivity contribution >= 4 is 17.6 Å². The van der Waals surface area contributed by atoms with Crippen LogP contribution in [0.2, 0.25) is 0 Å². The van der Waals surface area contributed by atoms with Crippen LogP contribution >= 0.6 is 0 Å². The molecule has 0 saturated heterocycles. The Morgan fingerprint density at radius 2 is 2.00 bits per heavy atom. The molecule has 1 N–H and O–H groups in total. The summed E-state index contributed by atoms with van der Waals surface area (Å²) in [6, 6.07) is 5.08. The lowest BCUT2D eigenvalue weighted by Crippen LogP contribution is -2.26. The number of nitrogens with one attached hydrogen (secondary N) is 1. The number of allylic oxidation sites excluding steroid dienone is 2. The quantitative estimate of drug-likeness (QED) is 0.640. The molecular formula is C18H21NO5. The van der Waals surface area contributed by atoms with E-state index >= 15 is 0 Å². The number of hydrogen-bond acceptors (Lipinski definition) is 5. The standard InChI is InChI=1S/C18H21NO5/c1-22-13-5-6-16(23-2)15(9-13)19-17(20)10-24-18(21)14-8-11-3-4-12(14)7-11/h3-6,9,11-12,14H,7-8,10H2,1-2H3,(H,19,20). The maximum Gasteiger partial charge on any atom is 0.310 e. The molecule has 3 atom stereocenters. The molecule has 2 aliphatic rings. The van der Waals surface area contributed by atoms with E-state index in [0.717, 1.165) is 12.8 Å². The minimum absolute atomic E-state index is 0.112. The first kappa shape index (κ1) is 16.4. The average Bonchev–Trinajstić information content (AvgIpc) is 3.23. The van der Waals surface area contributed by atoms with Crippen LogP contribution in [0.15, 0.2) is 30.4 Å². The first-order valence-electron chi connectivity index (χ1n) is 7.97. The van der Waals surface area contributed by atoms with Crippen molar-refractivity contribution in [2.24, 2.45) is 17.8 Å². The highest BCUT2D eigenvalue weighted by Crippen LogP contribution is 2.43. The molecule has 6 heteroatoms. The summed E-state index contributed by atoms with van der Waals surface area (Å²) < 4.78 is 15.5. The zero-order chi connectivity index (χ0) is 17.1. The number of anilines is 1. The van der Waals surface area contributed by atoms with Crippen molar-refractivity contribution in [3.05, 3.63) is 30.4 Å². The third-order valence-electron chi connectivity index (χ3n) is 4.61. The van der Waals surface area contributed by atoms with E-state index in [9.17, 15) is 9.59 Å². The minimum atomic E-state index is -0.409. The molecule has 1 fully saturated rings. The van der Waals surface area contributed by atoms with Gasteiger partial charge in [-0.05, 0) is 36.8 Å². The number of rotatable bonds is 6. The van der Waals surface area contributed by atoms with Gasteiger partial charge < -0.3 is 19.5 Å². The number of methoxy groups -OCH3 is 2. The number of fused-ring (bicyclic) bond motifs is 2. The molecule has 0 radical (unpaired) electrons. The SMILES string of the molecule is COc1ccc(OC)c(NC(=O)COC(=O)C2CC3C=CC2C3)c1. The molecule has 0 heterocycles. The predicted octanol–water partition coefficient (Wildman–Crippen LogP) is 2.40. The second-order valence-electron chi connectivity index (χ2n) is 6.11. The number of carbonyl (C=O) groups excluding carboxylic acids is 2. The molecule has 0 aliphatic heterocycles. The summed E-state index contributed by atoms with van der Waals surface area (Å²) in [6.07, 6.45) is 6.09. The topological polar surface area (TPSA) is 73.9 Å². The molecule has 0 spiro atoms. The molecule has 2 aliphatic carbocycles. The summed E-state index contributed by atoms with van der Waals surface area (Å²) in [7, 11) is 3.05. The number of ether oxygens (including phenoxy) is 3. The fourth-order valence-electron chi connectivity index (χ4n) is 3.39. The van der Waals surface area contributed by atoms with Crippen LogP contribution in [0, 0.1) is 17.8 Å². The van der Waals surface area contributed by atoms with Gasteiger partial charge in [-0.25, -0.2) is 0 Å². The van der Waals surface area contributed by atoms with Gasteiger partial charge in [0, 0.05) is 6.07 Å². The second-order valence-corrected chi connectivity index (χ2v) is 6.11. The summed E-state index contributed by atoms with van der Waals surface area (Å²) in [5, 5.41) is 2.68. The number of carbonyl (C=O) groups is 2. The normalized spacial score (nSPS) is 23.8. The Bertz CT molecular complexity index is 669. The maximum atomic E-state index is 12.1. The lowest BCUT2D eigenvalue weighted by Gasteiger charge is -2.17. The van der Waals surface area contributed by atoms with Gasteiger partial charge in [0.05, 0.1) is 25.8 Å². The highest BCUT2D eigenvalue weighted by molar-refractivity contribution is 5.94. The van der Waals surface area contributed by atoms with Gasteiger partial charge in [0.1, 0.15) is 11.5 Å². The summed E-state index contributed by atoms with van der Waals surface area (Å²) in [5.74, 6) is 1.05. The lowest BCUT2D eigenvalue weighted by atomic mass is 9.94. The highest BCUT2D eigenvalue weighted by Gasteiger charge is 2.40. The van der Waals surface area contributed by atoms with Crippen molar-refractivity contribution in [1.29, 1.82) is 0 Å². The predicted molar refractivity (Wildman–Crippen MR) is 88.0 cm³/mol. The molecular weight excluding hydrogens is 310 g/mol. The van der Waals surface area contributed by atoms with Crippen molar-refractivity contribution in [1.82, 2.24) is 0 Å². The van der Waals surface area contributed by atoms with Crippen LogP contribution < -0.4 is 14.8 Å². The van der Waals surface area contributed by atoms with E-state index in [2.05, 4.69) is 17.5 Å². The Labute approximate surface area is 140 Å². The van der Waals surface area contributed by atoms with Gasteiger partial charge in [-0.15, -0.1) is 0 Å². The molecule has 3 unspecified atom stereocenters. The Balaban J connectivity index is 1.54. The van der Waals surface area contributed by atoms with E-state index in [1.807, 2.05) is 0 Å². The third kappa shape index (κ3) is 3.37. The minimum Gasteiger partial charge on any atom is -0.497 e.